The summed E-state index contributed by atoms with van der Waals surface area (Å²) in [5.74, 6) is 0.515. The molecule has 2 aromatic rings. The number of carbonyl (C=O) groups is 1. The first kappa shape index (κ1) is 17.5. The van der Waals surface area contributed by atoms with Gasteiger partial charge < -0.3 is 5.32 Å². The maximum Gasteiger partial charge on any atom is 0.416 e. The van der Waals surface area contributed by atoms with Crippen LogP contribution in [0.2, 0.25) is 0 Å². The topological polar surface area (TPSA) is 46.9 Å². The van der Waals surface area contributed by atoms with Gasteiger partial charge in [-0.05, 0) is 50.8 Å². The Labute approximate surface area is 144 Å². The van der Waals surface area contributed by atoms with E-state index in [0.29, 0.717) is 29.5 Å². The second-order valence-electron chi connectivity index (χ2n) is 6.53. The van der Waals surface area contributed by atoms with Crippen LogP contribution in [-0.2, 0) is 17.4 Å². The third kappa shape index (κ3) is 4.03. The minimum atomic E-state index is -4.41. The molecule has 1 N–H and O–H groups in total. The highest BCUT2D eigenvalue weighted by molar-refractivity contribution is 5.79. The Morgan fingerprint density at radius 1 is 1.32 bits per heavy atom. The number of aromatic nitrogens is 2. The Bertz CT molecular complexity index is 791. The van der Waals surface area contributed by atoms with E-state index in [4.69, 9.17) is 0 Å². The van der Waals surface area contributed by atoms with Gasteiger partial charge in [-0.2, -0.15) is 18.3 Å². The third-order valence-corrected chi connectivity index (χ3v) is 4.48. The van der Waals surface area contributed by atoms with E-state index in [1.54, 1.807) is 19.9 Å². The highest BCUT2D eigenvalue weighted by atomic mass is 19.4. The summed E-state index contributed by atoms with van der Waals surface area (Å²) in [5.41, 5.74) is 1.70. The summed E-state index contributed by atoms with van der Waals surface area (Å²) < 4.78 is 40.2. The molecular formula is C18H20F3N3O. The van der Waals surface area contributed by atoms with Crippen LogP contribution in [0.25, 0.3) is 5.69 Å². The van der Waals surface area contributed by atoms with Crippen molar-refractivity contribution in [1.82, 2.24) is 15.1 Å². The number of benzene rings is 1. The Morgan fingerprint density at radius 3 is 2.68 bits per heavy atom. The molecule has 1 saturated carbocycles. The minimum Gasteiger partial charge on any atom is -0.356 e. The molecule has 1 aliphatic carbocycles. The van der Waals surface area contributed by atoms with E-state index < -0.39 is 11.7 Å². The molecule has 0 aliphatic heterocycles. The van der Waals surface area contributed by atoms with E-state index in [-0.39, 0.29) is 12.3 Å². The number of hydrogen-bond acceptors (Lipinski definition) is 2. The summed E-state index contributed by atoms with van der Waals surface area (Å²) >= 11 is 0. The largest absolute Gasteiger partial charge is 0.416 e. The molecule has 4 nitrogen and oxygen atoms in total. The lowest BCUT2D eigenvalue weighted by molar-refractivity contribution is -0.137. The molecule has 0 saturated heterocycles. The Kier molecular flexibility index (Phi) is 4.58. The molecular weight excluding hydrogens is 331 g/mol. The van der Waals surface area contributed by atoms with Gasteiger partial charge in [-0.1, -0.05) is 6.07 Å². The van der Waals surface area contributed by atoms with E-state index in [1.807, 2.05) is 0 Å². The number of carbonyl (C=O) groups excluding carboxylic acids is 1. The van der Waals surface area contributed by atoms with Gasteiger partial charge in [0.2, 0.25) is 5.91 Å². The molecule has 1 heterocycles. The van der Waals surface area contributed by atoms with Crippen molar-refractivity contribution >= 4 is 5.91 Å². The van der Waals surface area contributed by atoms with Crippen LogP contribution in [-0.4, -0.2) is 22.2 Å². The highest BCUT2D eigenvalue weighted by Crippen LogP contribution is 2.31. The van der Waals surface area contributed by atoms with Gasteiger partial charge in [0.1, 0.15) is 0 Å². The van der Waals surface area contributed by atoms with Gasteiger partial charge in [0.05, 0.1) is 23.4 Å². The predicted octanol–water partition coefficient (Wildman–Crippen LogP) is 3.58. The monoisotopic (exact) mass is 351 g/mol. The van der Waals surface area contributed by atoms with Crippen molar-refractivity contribution in [3.63, 3.8) is 0 Å². The molecule has 1 aromatic carbocycles. The maximum absolute atomic E-state index is 12.9. The maximum atomic E-state index is 12.9. The molecule has 3 rings (SSSR count). The molecule has 25 heavy (non-hydrogen) atoms. The van der Waals surface area contributed by atoms with Gasteiger partial charge in [-0.15, -0.1) is 0 Å². The molecule has 134 valence electrons. The average molecular weight is 351 g/mol. The van der Waals surface area contributed by atoms with Crippen LogP contribution in [0.4, 0.5) is 13.2 Å². The Morgan fingerprint density at radius 2 is 2.04 bits per heavy atom. The van der Waals surface area contributed by atoms with Crippen LogP contribution in [0.5, 0.6) is 0 Å². The number of alkyl halides is 3. The number of rotatable bonds is 5. The zero-order chi connectivity index (χ0) is 18.2. The Hall–Kier alpha value is -2.31. The molecule has 1 fully saturated rings. The fourth-order valence-corrected chi connectivity index (χ4v) is 2.80. The van der Waals surface area contributed by atoms with Crippen molar-refractivity contribution < 1.29 is 18.0 Å². The van der Waals surface area contributed by atoms with E-state index in [2.05, 4.69) is 10.4 Å². The molecule has 0 unspecified atom stereocenters. The number of amides is 1. The van der Waals surface area contributed by atoms with Gasteiger partial charge in [0, 0.05) is 17.8 Å². The molecule has 1 aliphatic rings. The van der Waals surface area contributed by atoms with Crippen LogP contribution < -0.4 is 5.32 Å². The summed E-state index contributed by atoms with van der Waals surface area (Å²) in [7, 11) is 0. The lowest BCUT2D eigenvalue weighted by Gasteiger charge is -2.10. The second kappa shape index (κ2) is 6.54. The first-order chi connectivity index (χ1) is 11.8. The van der Waals surface area contributed by atoms with Gasteiger partial charge in [0.25, 0.3) is 0 Å². The van der Waals surface area contributed by atoms with Gasteiger partial charge >= 0.3 is 6.18 Å². The van der Waals surface area contributed by atoms with Crippen molar-refractivity contribution in [3.05, 3.63) is 46.8 Å². The van der Waals surface area contributed by atoms with Crippen molar-refractivity contribution in [3.8, 4) is 5.69 Å². The third-order valence-electron chi connectivity index (χ3n) is 4.48. The summed E-state index contributed by atoms with van der Waals surface area (Å²) in [6, 6.07) is 5.03. The smallest absolute Gasteiger partial charge is 0.356 e. The van der Waals surface area contributed by atoms with Crippen molar-refractivity contribution in [1.29, 1.82) is 0 Å². The fourth-order valence-electron chi connectivity index (χ4n) is 2.80. The first-order valence-corrected chi connectivity index (χ1v) is 8.25. The lowest BCUT2D eigenvalue weighted by atomic mass is 10.1. The Balaban J connectivity index is 1.82. The van der Waals surface area contributed by atoms with Crippen LogP contribution >= 0.6 is 0 Å². The summed E-state index contributed by atoms with van der Waals surface area (Å²) in [6.07, 6.45) is -1.90. The number of hydrogen-bond donors (Lipinski definition) is 1. The number of aryl methyl sites for hydroxylation is 1. The molecule has 0 spiro atoms. The number of nitrogens with zero attached hydrogens (tertiary/aromatic N) is 2. The van der Waals surface area contributed by atoms with Crippen LogP contribution in [0.15, 0.2) is 24.3 Å². The zero-order valence-electron chi connectivity index (χ0n) is 14.2. The van der Waals surface area contributed by atoms with Crippen molar-refractivity contribution in [2.75, 3.05) is 6.54 Å². The molecule has 1 amide bonds. The normalized spacial score (nSPS) is 14.6. The number of halogens is 3. The summed E-state index contributed by atoms with van der Waals surface area (Å²) in [6.45, 7) is 4.23. The van der Waals surface area contributed by atoms with E-state index >= 15 is 0 Å². The average Bonchev–Trinajstić information content (AvgIpc) is 3.34. The minimum absolute atomic E-state index is 0.0818. The molecule has 0 bridgehead atoms. The standard InChI is InChI=1S/C18H20F3N3O/c1-11-16(9-17(25)22-10-13-6-7-13)12(2)24(23-11)15-5-3-4-14(8-15)18(19,20)21/h3-5,8,13H,6-7,9-10H2,1-2H3,(H,22,25). The quantitative estimate of drug-likeness (QED) is 0.895. The molecule has 0 atom stereocenters. The molecule has 1 aromatic heterocycles. The zero-order valence-corrected chi connectivity index (χ0v) is 14.2. The SMILES string of the molecule is Cc1nn(-c2cccc(C(F)(F)F)c2)c(C)c1CC(=O)NCC1CC1. The van der Waals surface area contributed by atoms with Crippen molar-refractivity contribution in [2.24, 2.45) is 5.92 Å². The first-order valence-electron chi connectivity index (χ1n) is 8.25. The summed E-state index contributed by atoms with van der Waals surface area (Å²) in [4.78, 5) is 12.1. The molecule has 0 radical (unpaired) electrons. The van der Waals surface area contributed by atoms with E-state index in [9.17, 15) is 18.0 Å². The second-order valence-corrected chi connectivity index (χ2v) is 6.53. The predicted molar refractivity (Wildman–Crippen MR) is 87.5 cm³/mol. The van der Waals surface area contributed by atoms with Gasteiger partial charge in [-0.25, -0.2) is 4.68 Å². The van der Waals surface area contributed by atoms with Gasteiger partial charge in [0.15, 0.2) is 0 Å². The van der Waals surface area contributed by atoms with Crippen LogP contribution in [0, 0.1) is 19.8 Å². The van der Waals surface area contributed by atoms with Crippen molar-refractivity contribution in [2.45, 2.75) is 39.3 Å². The van der Waals surface area contributed by atoms with E-state index in [0.717, 1.165) is 30.5 Å². The van der Waals surface area contributed by atoms with E-state index in [1.165, 1.54) is 10.7 Å². The van der Waals surface area contributed by atoms with Crippen LogP contribution in [0.1, 0.15) is 35.4 Å². The number of nitrogens with one attached hydrogen (secondary N) is 1. The lowest BCUT2D eigenvalue weighted by Crippen LogP contribution is -2.27. The molecule has 7 heteroatoms. The highest BCUT2D eigenvalue weighted by Gasteiger charge is 2.31. The summed E-state index contributed by atoms with van der Waals surface area (Å²) in [5, 5.41) is 7.23. The van der Waals surface area contributed by atoms with Gasteiger partial charge in [-0.3, -0.25) is 4.79 Å². The fraction of sp³-hybridized carbons (Fsp3) is 0.444. The van der Waals surface area contributed by atoms with Crippen LogP contribution in [0.3, 0.4) is 0 Å².